The summed E-state index contributed by atoms with van der Waals surface area (Å²) in [4.78, 5) is 3.49. The maximum Gasteiger partial charge on any atom is 0.434 e. The third kappa shape index (κ3) is 4.43. The second-order valence-electron chi connectivity index (χ2n) is 5.28. The smallest absolute Gasteiger partial charge is 0.322 e. The molecule has 1 aromatic heterocycles. The predicted octanol–water partition coefficient (Wildman–Crippen LogP) is 5.00. The fraction of sp³-hybridized carbons (Fsp3) is 0.615. The van der Waals surface area contributed by atoms with Crippen LogP contribution < -0.4 is 5.73 Å². The maximum absolute atomic E-state index is 13.1. The lowest BCUT2D eigenvalue weighted by molar-refractivity contribution is -0.141. The Labute approximate surface area is 135 Å². The second-order valence-corrected chi connectivity index (χ2v) is 5.69. The number of hydrogen-bond donors (Lipinski definition) is 1. The van der Waals surface area contributed by atoms with Crippen molar-refractivity contribution in [2.24, 2.45) is 11.7 Å². The van der Waals surface area contributed by atoms with E-state index in [9.17, 15) is 22.0 Å². The van der Waals surface area contributed by atoms with Crippen molar-refractivity contribution in [2.75, 3.05) is 0 Å². The molecule has 0 spiro atoms. The van der Waals surface area contributed by atoms with Gasteiger partial charge in [0.15, 0.2) is 5.69 Å². The first-order valence-electron chi connectivity index (χ1n) is 6.47. The third-order valence-corrected chi connectivity index (χ3v) is 4.05. The molecule has 9 heteroatoms. The molecule has 0 radical (unpaired) electrons. The highest BCUT2D eigenvalue weighted by Crippen LogP contribution is 2.41. The van der Waals surface area contributed by atoms with Gasteiger partial charge in [-0.15, -0.1) is 12.4 Å². The van der Waals surface area contributed by atoms with E-state index in [0.29, 0.717) is 0 Å². The first-order chi connectivity index (χ1) is 9.60. The van der Waals surface area contributed by atoms with Crippen molar-refractivity contribution >= 4 is 24.0 Å². The zero-order valence-electron chi connectivity index (χ0n) is 11.3. The van der Waals surface area contributed by atoms with Crippen LogP contribution in [0.5, 0.6) is 0 Å². The number of aromatic nitrogens is 1. The summed E-state index contributed by atoms with van der Waals surface area (Å²) in [6, 6.07) is 1.60. The van der Waals surface area contributed by atoms with Crippen molar-refractivity contribution < 1.29 is 22.0 Å². The van der Waals surface area contributed by atoms with E-state index >= 15 is 0 Å². The lowest BCUT2D eigenvalue weighted by Gasteiger charge is -2.31. The van der Waals surface area contributed by atoms with Gasteiger partial charge in [0.05, 0.1) is 10.7 Å². The molecule has 1 aromatic rings. The van der Waals surface area contributed by atoms with E-state index in [2.05, 4.69) is 4.98 Å². The van der Waals surface area contributed by atoms with E-state index in [0.717, 1.165) is 6.07 Å². The van der Waals surface area contributed by atoms with Gasteiger partial charge in [-0.2, -0.15) is 13.2 Å². The summed E-state index contributed by atoms with van der Waals surface area (Å²) in [7, 11) is 0. The van der Waals surface area contributed by atoms with Crippen LogP contribution in [0.4, 0.5) is 22.0 Å². The van der Waals surface area contributed by atoms with Crippen LogP contribution >= 0.6 is 24.0 Å². The number of halogens is 7. The Kier molecular flexibility index (Phi) is 6.03. The Morgan fingerprint density at radius 2 is 1.77 bits per heavy atom. The molecule has 1 saturated carbocycles. The Bertz CT molecular complexity index is 512. The minimum atomic E-state index is -4.67. The molecular weight excluding hydrogens is 350 g/mol. The van der Waals surface area contributed by atoms with Gasteiger partial charge in [-0.25, -0.2) is 13.8 Å². The van der Waals surface area contributed by atoms with Crippen molar-refractivity contribution in [1.82, 2.24) is 4.98 Å². The molecule has 0 amide bonds. The average Bonchev–Trinajstić information content (AvgIpc) is 2.37. The Hall–Kier alpha value is -0.660. The molecular formula is C13H15Cl2F5N2. The molecule has 1 unspecified atom stereocenters. The van der Waals surface area contributed by atoms with Gasteiger partial charge in [0, 0.05) is 18.9 Å². The molecule has 1 aliphatic rings. The predicted molar refractivity (Wildman–Crippen MR) is 75.3 cm³/mol. The lowest BCUT2D eigenvalue weighted by Crippen LogP contribution is -2.31. The first-order valence-corrected chi connectivity index (χ1v) is 6.85. The molecule has 1 fully saturated rings. The highest BCUT2D eigenvalue weighted by Gasteiger charge is 2.39. The zero-order chi connectivity index (χ0) is 15.8. The van der Waals surface area contributed by atoms with Crippen LogP contribution in [0, 0.1) is 5.92 Å². The summed E-state index contributed by atoms with van der Waals surface area (Å²) in [5.41, 5.74) is 4.74. The molecule has 0 aliphatic heterocycles. The van der Waals surface area contributed by atoms with Crippen LogP contribution in [0.3, 0.4) is 0 Å². The molecule has 2 rings (SSSR count). The number of rotatable bonds is 2. The molecule has 2 nitrogen and oxygen atoms in total. The van der Waals surface area contributed by atoms with Gasteiger partial charge >= 0.3 is 6.18 Å². The topological polar surface area (TPSA) is 38.9 Å². The number of nitrogens with two attached hydrogens (primary N) is 1. The maximum atomic E-state index is 13.1. The summed E-state index contributed by atoms with van der Waals surface area (Å²) in [5, 5.41) is -0.506. The number of pyridine rings is 1. The van der Waals surface area contributed by atoms with Gasteiger partial charge in [0.2, 0.25) is 5.92 Å². The average molecular weight is 365 g/mol. The highest BCUT2D eigenvalue weighted by molar-refractivity contribution is 6.31. The fourth-order valence-electron chi connectivity index (χ4n) is 2.50. The zero-order valence-corrected chi connectivity index (χ0v) is 12.9. The minimum absolute atomic E-state index is 0. The van der Waals surface area contributed by atoms with Gasteiger partial charge < -0.3 is 5.73 Å². The summed E-state index contributed by atoms with van der Waals surface area (Å²) in [6.07, 6.45) is -4.94. The summed E-state index contributed by atoms with van der Waals surface area (Å²) >= 11 is 5.49. The van der Waals surface area contributed by atoms with E-state index < -0.39 is 28.9 Å². The van der Waals surface area contributed by atoms with E-state index in [-0.39, 0.29) is 49.7 Å². The van der Waals surface area contributed by atoms with E-state index in [1.165, 1.54) is 6.07 Å². The van der Waals surface area contributed by atoms with Crippen LogP contribution in [-0.2, 0) is 6.18 Å². The largest absolute Gasteiger partial charge is 0.434 e. The fourth-order valence-corrected chi connectivity index (χ4v) is 2.72. The normalized spacial score (nSPS) is 20.3. The molecule has 2 N–H and O–H groups in total. The summed E-state index contributed by atoms with van der Waals surface area (Å²) < 4.78 is 64.4. The lowest BCUT2D eigenvalue weighted by atomic mass is 9.81. The van der Waals surface area contributed by atoms with E-state index in [1.807, 2.05) is 0 Å². The second kappa shape index (κ2) is 6.84. The van der Waals surface area contributed by atoms with Gasteiger partial charge in [-0.1, -0.05) is 11.6 Å². The molecule has 0 aromatic carbocycles. The minimum Gasteiger partial charge on any atom is -0.322 e. The quantitative estimate of drug-likeness (QED) is 0.749. The Morgan fingerprint density at radius 1 is 1.23 bits per heavy atom. The number of alkyl halides is 5. The van der Waals surface area contributed by atoms with Crippen molar-refractivity contribution in [2.45, 2.75) is 43.8 Å². The molecule has 1 aliphatic carbocycles. The molecule has 0 bridgehead atoms. The van der Waals surface area contributed by atoms with Gasteiger partial charge in [-0.05, 0) is 30.9 Å². The van der Waals surface area contributed by atoms with Gasteiger partial charge in [0.1, 0.15) is 0 Å². The SMILES string of the molecule is Cl.NC(c1ccc(Cl)c(C(F)(F)F)n1)C1CCC(F)(F)CC1. The van der Waals surface area contributed by atoms with E-state index in [1.54, 1.807) is 0 Å². The van der Waals surface area contributed by atoms with Crippen LogP contribution in [0.1, 0.15) is 43.1 Å². The van der Waals surface area contributed by atoms with E-state index in [4.69, 9.17) is 17.3 Å². The van der Waals surface area contributed by atoms with Crippen molar-refractivity contribution in [3.8, 4) is 0 Å². The third-order valence-electron chi connectivity index (χ3n) is 3.75. The van der Waals surface area contributed by atoms with Crippen LogP contribution in [0.15, 0.2) is 12.1 Å². The monoisotopic (exact) mass is 364 g/mol. The molecule has 22 heavy (non-hydrogen) atoms. The Balaban J connectivity index is 0.00000242. The van der Waals surface area contributed by atoms with Crippen LogP contribution in [0.25, 0.3) is 0 Å². The summed E-state index contributed by atoms with van der Waals surface area (Å²) in [5.74, 6) is -3.01. The number of nitrogens with zero attached hydrogens (tertiary/aromatic N) is 1. The van der Waals surface area contributed by atoms with Crippen molar-refractivity contribution in [3.05, 3.63) is 28.5 Å². The molecule has 1 heterocycles. The highest BCUT2D eigenvalue weighted by atomic mass is 35.5. The van der Waals surface area contributed by atoms with Gasteiger partial charge in [0.25, 0.3) is 0 Å². The van der Waals surface area contributed by atoms with Crippen molar-refractivity contribution in [3.63, 3.8) is 0 Å². The van der Waals surface area contributed by atoms with Gasteiger partial charge in [-0.3, -0.25) is 0 Å². The molecule has 1 atom stereocenters. The first kappa shape index (κ1) is 19.4. The summed E-state index contributed by atoms with van der Waals surface area (Å²) in [6.45, 7) is 0. The molecule has 0 saturated heterocycles. The standard InChI is InChI=1S/C13H14ClF5N2.ClH/c14-8-1-2-9(21-11(8)13(17,18)19)10(20)7-3-5-12(15,16)6-4-7;/h1-2,7,10H,3-6,20H2;1H. The Morgan fingerprint density at radius 3 is 2.27 bits per heavy atom. The number of hydrogen-bond acceptors (Lipinski definition) is 2. The molecule has 126 valence electrons. The van der Waals surface area contributed by atoms with Crippen LogP contribution in [0.2, 0.25) is 5.02 Å². The van der Waals surface area contributed by atoms with Crippen LogP contribution in [-0.4, -0.2) is 10.9 Å². The van der Waals surface area contributed by atoms with Crippen molar-refractivity contribution in [1.29, 1.82) is 0 Å².